The number of aryl methyl sites for hydroxylation is 2. The van der Waals surface area contributed by atoms with Crippen LogP contribution in [0.25, 0.3) is 64.0 Å². The maximum Gasteiger partial charge on any atom is 0.270 e. The Kier molecular flexibility index (Phi) is 10.7. The first-order valence-corrected chi connectivity index (χ1v) is 22.6. The molecule has 0 saturated carbocycles. The molecule has 4 nitrogen and oxygen atoms in total. The fourth-order valence-corrected chi connectivity index (χ4v) is 12.5. The van der Waals surface area contributed by atoms with Gasteiger partial charge in [0.2, 0.25) is 0 Å². The van der Waals surface area contributed by atoms with E-state index in [1.54, 1.807) is 22.7 Å². The number of thiophene rings is 2. The maximum atomic E-state index is 10.0. The average molecular weight is 833 g/mol. The van der Waals surface area contributed by atoms with E-state index in [4.69, 9.17) is 13.1 Å². The Morgan fingerprint density at radius 2 is 0.820 bits per heavy atom. The molecule has 0 radical (unpaired) electrons. The number of hydrogen-bond acceptors (Lipinski definition) is 4. The molecule has 0 atom stereocenters. The molecule has 2 heterocycles. The van der Waals surface area contributed by atoms with Crippen LogP contribution in [0.2, 0.25) is 0 Å². The number of nitriles is 2. The van der Waals surface area contributed by atoms with Crippen LogP contribution >= 0.6 is 30.6 Å². The van der Waals surface area contributed by atoms with Crippen molar-refractivity contribution < 1.29 is 0 Å². The highest BCUT2D eigenvalue weighted by atomic mass is 32.1. The van der Waals surface area contributed by atoms with E-state index in [9.17, 15) is 10.5 Å². The lowest BCUT2D eigenvalue weighted by Gasteiger charge is -2.18. The molecule has 0 fully saturated rings. The Labute approximate surface area is 365 Å². The van der Waals surface area contributed by atoms with Gasteiger partial charge < -0.3 is 0 Å². The van der Waals surface area contributed by atoms with E-state index in [2.05, 4.69) is 186 Å². The summed E-state index contributed by atoms with van der Waals surface area (Å²) in [6, 6.07) is 57.3. The molecular weight excluding hydrogens is 800 g/mol. The Bertz CT molecular complexity index is 2970. The molecule has 8 aromatic rings. The van der Waals surface area contributed by atoms with Gasteiger partial charge in [-0.25, -0.2) is 20.2 Å². The molecule has 0 unspecified atom stereocenters. The number of hydrogen-bond donors (Lipinski definition) is 0. The quantitative estimate of drug-likeness (QED) is 0.0985. The van der Waals surface area contributed by atoms with Gasteiger partial charge in [-0.15, -0.1) is 22.7 Å². The van der Waals surface area contributed by atoms with E-state index in [1.165, 1.54) is 27.0 Å². The third-order valence-corrected chi connectivity index (χ3v) is 15.6. The van der Waals surface area contributed by atoms with Crippen LogP contribution in [0, 0.1) is 49.7 Å². The van der Waals surface area contributed by atoms with E-state index in [-0.39, 0.29) is 11.4 Å². The van der Waals surface area contributed by atoms with Crippen LogP contribution in [-0.2, 0) is 0 Å². The normalized spacial score (nSPS) is 13.2. The fourth-order valence-electron chi connectivity index (χ4n) is 8.30. The van der Waals surface area contributed by atoms with Crippen LogP contribution in [0.1, 0.15) is 33.4 Å². The zero-order valence-electron chi connectivity index (χ0n) is 33.1. The Hall–Kier alpha value is -7.41. The summed E-state index contributed by atoms with van der Waals surface area (Å²) in [5, 5.41) is 28.3. The Morgan fingerprint density at radius 1 is 0.459 bits per heavy atom. The van der Waals surface area contributed by atoms with Gasteiger partial charge in [0.1, 0.15) is 0 Å². The number of fused-ring (bicyclic) bond motifs is 6. The van der Waals surface area contributed by atoms with Gasteiger partial charge in [-0.05, 0) is 152 Å². The summed E-state index contributed by atoms with van der Waals surface area (Å²) in [6.45, 7) is 19.8. The van der Waals surface area contributed by atoms with Gasteiger partial charge in [-0.2, -0.15) is 0 Å². The van der Waals surface area contributed by atoms with Gasteiger partial charge in [-0.3, -0.25) is 0 Å². The second-order valence-corrected chi connectivity index (χ2v) is 18.6. The minimum Gasteiger partial charge on any atom is -0.226 e. The zero-order chi connectivity index (χ0) is 42.0. The molecule has 10 rings (SSSR count). The molecule has 6 aromatic carbocycles. The van der Waals surface area contributed by atoms with Crippen molar-refractivity contribution in [2.24, 2.45) is 0 Å². The summed E-state index contributed by atoms with van der Waals surface area (Å²) >= 11 is 3.33. The molecular formula is C54H33N4PS2. The molecule has 0 spiro atoms. The second-order valence-electron chi connectivity index (χ2n) is 14.6. The minimum absolute atomic E-state index is 0.0476. The average Bonchev–Trinajstić information content (AvgIpc) is 4.09. The third kappa shape index (κ3) is 7.01. The van der Waals surface area contributed by atoms with Gasteiger partial charge in [0.15, 0.2) is 0 Å². The largest absolute Gasteiger partial charge is 0.270 e. The predicted molar refractivity (Wildman–Crippen MR) is 255 cm³/mol. The van der Waals surface area contributed by atoms with Crippen LogP contribution in [0.3, 0.4) is 0 Å². The van der Waals surface area contributed by atoms with Gasteiger partial charge in [0.05, 0.1) is 25.3 Å². The van der Waals surface area contributed by atoms with Crippen molar-refractivity contribution in [3.05, 3.63) is 230 Å². The van der Waals surface area contributed by atoms with Gasteiger partial charge in [0, 0.05) is 20.9 Å². The van der Waals surface area contributed by atoms with Crippen LogP contribution in [0.15, 0.2) is 174 Å². The molecule has 0 amide bonds. The highest BCUT2D eigenvalue weighted by molar-refractivity contribution is 7.79. The van der Waals surface area contributed by atoms with Crippen molar-refractivity contribution in [3.63, 3.8) is 0 Å². The summed E-state index contributed by atoms with van der Waals surface area (Å²) in [4.78, 5) is 9.58. The number of allylic oxidation sites excluding steroid dienone is 2. The first-order chi connectivity index (χ1) is 29.9. The second kappa shape index (κ2) is 16.7. The molecule has 0 bridgehead atoms. The standard InChI is InChI=1S/C36H18N4S2.C18H15P/c1-19-9-11-41-35(19)21-5-7-23-25-15-30-26(16-29(25)33(27(23)13-21)31(17-37)39-3)24-8-6-22(36-20(2)10-12-42-36)14-28(24)34(30)32(18-38)40-4;1-4-10-16(11-5-1)19(17-12-6-2-7-13-17)18-14-8-3-9-15-18/h5-16H,1-2H3;1-15H/b33-31-,34-32+;. The van der Waals surface area contributed by atoms with Crippen molar-refractivity contribution in [2.75, 3.05) is 0 Å². The molecule has 0 N–H and O–H groups in total. The van der Waals surface area contributed by atoms with Crippen LogP contribution < -0.4 is 15.9 Å². The first-order valence-electron chi connectivity index (χ1n) is 19.5. The van der Waals surface area contributed by atoms with Gasteiger partial charge in [0.25, 0.3) is 11.4 Å². The molecule has 286 valence electrons. The van der Waals surface area contributed by atoms with Crippen LogP contribution in [-0.4, -0.2) is 0 Å². The summed E-state index contributed by atoms with van der Waals surface area (Å²) in [5.74, 6) is 0. The summed E-state index contributed by atoms with van der Waals surface area (Å²) < 4.78 is 0. The summed E-state index contributed by atoms with van der Waals surface area (Å²) in [7, 11) is -0.446. The van der Waals surface area contributed by atoms with E-state index in [1.807, 2.05) is 12.1 Å². The monoisotopic (exact) mass is 832 g/mol. The lowest BCUT2D eigenvalue weighted by atomic mass is 9.95. The molecule has 2 aromatic heterocycles. The van der Waals surface area contributed by atoms with Crippen molar-refractivity contribution in [1.29, 1.82) is 10.5 Å². The highest BCUT2D eigenvalue weighted by Crippen LogP contribution is 2.55. The molecule has 0 aliphatic heterocycles. The van der Waals surface area contributed by atoms with Crippen molar-refractivity contribution in [2.45, 2.75) is 13.8 Å². The lowest BCUT2D eigenvalue weighted by Crippen LogP contribution is -2.20. The number of nitrogens with zero attached hydrogens (tertiary/aromatic N) is 4. The summed E-state index contributed by atoms with van der Waals surface area (Å²) in [6.07, 6.45) is 0. The summed E-state index contributed by atoms with van der Waals surface area (Å²) in [5.41, 5.74) is 12.8. The van der Waals surface area contributed by atoms with Crippen molar-refractivity contribution in [3.8, 4) is 55.3 Å². The van der Waals surface area contributed by atoms with Crippen LogP contribution in [0.5, 0.6) is 0 Å². The van der Waals surface area contributed by atoms with Crippen molar-refractivity contribution in [1.82, 2.24) is 0 Å². The smallest absolute Gasteiger partial charge is 0.226 e. The lowest BCUT2D eigenvalue weighted by molar-refractivity contribution is 1.49. The predicted octanol–water partition coefficient (Wildman–Crippen LogP) is 13.6. The third-order valence-electron chi connectivity index (χ3n) is 11.1. The van der Waals surface area contributed by atoms with E-state index in [0.717, 1.165) is 65.4 Å². The van der Waals surface area contributed by atoms with E-state index in [0.29, 0.717) is 11.1 Å². The van der Waals surface area contributed by atoms with Crippen LogP contribution in [0.4, 0.5) is 0 Å². The number of rotatable bonds is 5. The highest BCUT2D eigenvalue weighted by Gasteiger charge is 2.34. The van der Waals surface area contributed by atoms with E-state index >= 15 is 0 Å². The molecule has 0 saturated heterocycles. The molecule has 7 heteroatoms. The molecule has 2 aliphatic carbocycles. The zero-order valence-corrected chi connectivity index (χ0v) is 35.7. The Morgan fingerprint density at radius 3 is 1.13 bits per heavy atom. The maximum absolute atomic E-state index is 10.0. The van der Waals surface area contributed by atoms with Gasteiger partial charge >= 0.3 is 0 Å². The first kappa shape index (κ1) is 39.1. The SMILES string of the molecule is [C-]#[N+]/C(C#N)=C1/c2cc(-c3sccc3C)ccc2-c2cc3c(cc21)-c1ccc(-c2sccc2C)cc1/C3=C(/C#N)[N+]#[C-].c1ccc(P(c2ccccc2)c2ccccc2)cc1. The fraction of sp³-hybridized carbons (Fsp3) is 0.0370. The Balaban J connectivity index is 0.000000209. The molecule has 2 aliphatic rings. The molecule has 61 heavy (non-hydrogen) atoms. The van der Waals surface area contributed by atoms with Gasteiger partial charge in [-0.1, -0.05) is 115 Å². The topological polar surface area (TPSA) is 56.3 Å². The van der Waals surface area contributed by atoms with Crippen molar-refractivity contribution >= 4 is 57.7 Å². The number of benzene rings is 6. The van der Waals surface area contributed by atoms with E-state index < -0.39 is 7.92 Å². The minimum atomic E-state index is -0.446.